The molecule has 1 fully saturated rings. The van der Waals surface area contributed by atoms with Gasteiger partial charge in [0.25, 0.3) is 5.56 Å². The van der Waals surface area contributed by atoms with E-state index in [4.69, 9.17) is 11.6 Å². The zero-order valence-corrected chi connectivity index (χ0v) is 17.8. The van der Waals surface area contributed by atoms with E-state index in [1.54, 1.807) is 18.2 Å². The molecule has 160 valence electrons. The lowest BCUT2D eigenvalue weighted by atomic mass is 9.91. The summed E-state index contributed by atoms with van der Waals surface area (Å²) in [5, 5.41) is 9.55. The number of fused-ring (bicyclic) bond motifs is 2. The summed E-state index contributed by atoms with van der Waals surface area (Å²) in [6, 6.07) is 9.93. The van der Waals surface area contributed by atoms with Crippen LogP contribution in [-0.2, 0) is 6.42 Å². The largest absolute Gasteiger partial charge is 0.310 e. The second kappa shape index (κ2) is 8.40. The highest BCUT2D eigenvalue weighted by molar-refractivity contribution is 6.31. The number of piperidine rings is 1. The lowest BCUT2D eigenvalue weighted by Crippen LogP contribution is -2.34. The van der Waals surface area contributed by atoms with E-state index in [1.807, 2.05) is 6.07 Å². The highest BCUT2D eigenvalue weighted by Gasteiger charge is 2.23. The average molecular weight is 440 g/mol. The Morgan fingerprint density at radius 1 is 1.10 bits per heavy atom. The summed E-state index contributed by atoms with van der Waals surface area (Å²) >= 11 is 6.04. The number of rotatable bonds is 5. The molecule has 5 rings (SSSR count). The van der Waals surface area contributed by atoms with Gasteiger partial charge >= 0.3 is 0 Å². The second-order valence-electron chi connectivity index (χ2n) is 8.19. The van der Waals surface area contributed by atoms with Crippen LogP contribution in [0, 0.1) is 5.82 Å². The van der Waals surface area contributed by atoms with Crippen molar-refractivity contribution in [3.63, 3.8) is 0 Å². The number of aromatic nitrogens is 4. The summed E-state index contributed by atoms with van der Waals surface area (Å²) in [6.45, 7) is 2.96. The number of hydrogen-bond acceptors (Lipinski definition) is 4. The van der Waals surface area contributed by atoms with Gasteiger partial charge < -0.3 is 9.88 Å². The summed E-state index contributed by atoms with van der Waals surface area (Å²) in [5.74, 6) is 0.853. The number of nitrogens with zero attached hydrogens (tertiary/aromatic N) is 3. The molecule has 2 aromatic carbocycles. The summed E-state index contributed by atoms with van der Waals surface area (Å²) < 4.78 is 13.4. The number of hydrogen-bond donors (Lipinski definition) is 2. The maximum atomic E-state index is 13.4. The SMILES string of the molecule is O=c1[nH]c(CCCN2CCC(c3[nH]nc4cc(F)ccc34)CC2)nc2cc(Cl)ccc12. The van der Waals surface area contributed by atoms with E-state index in [2.05, 4.69) is 25.1 Å². The molecule has 1 aliphatic heterocycles. The molecule has 6 nitrogen and oxygen atoms in total. The molecule has 0 unspecified atom stereocenters. The number of aryl methyl sites for hydroxylation is 1. The summed E-state index contributed by atoms with van der Waals surface area (Å²) in [4.78, 5) is 22.2. The molecule has 8 heteroatoms. The lowest BCUT2D eigenvalue weighted by molar-refractivity contribution is 0.209. The van der Waals surface area contributed by atoms with Gasteiger partial charge in [0.1, 0.15) is 11.6 Å². The van der Waals surface area contributed by atoms with Gasteiger partial charge in [-0.05, 0) is 69.2 Å². The summed E-state index contributed by atoms with van der Waals surface area (Å²) in [6.07, 6.45) is 3.72. The molecule has 0 bridgehead atoms. The first kappa shape index (κ1) is 20.2. The van der Waals surface area contributed by atoms with Gasteiger partial charge in [-0.15, -0.1) is 0 Å². The molecule has 0 atom stereocenters. The van der Waals surface area contributed by atoms with Crippen molar-refractivity contribution in [1.82, 2.24) is 25.1 Å². The molecular formula is C23H23ClFN5O. The van der Waals surface area contributed by atoms with Crippen LogP contribution < -0.4 is 5.56 Å². The highest BCUT2D eigenvalue weighted by atomic mass is 35.5. The minimum Gasteiger partial charge on any atom is -0.310 e. The van der Waals surface area contributed by atoms with Gasteiger partial charge in [-0.3, -0.25) is 9.89 Å². The summed E-state index contributed by atoms with van der Waals surface area (Å²) in [7, 11) is 0. The Kier molecular flexibility index (Phi) is 5.46. The maximum Gasteiger partial charge on any atom is 0.258 e. The second-order valence-corrected chi connectivity index (χ2v) is 8.63. The molecule has 1 aliphatic rings. The molecule has 0 spiro atoms. The number of halogens is 2. The van der Waals surface area contributed by atoms with E-state index >= 15 is 0 Å². The zero-order valence-electron chi connectivity index (χ0n) is 17.0. The predicted molar refractivity (Wildman–Crippen MR) is 120 cm³/mol. The van der Waals surface area contributed by atoms with Crippen molar-refractivity contribution in [3.05, 3.63) is 69.1 Å². The molecule has 3 heterocycles. The lowest BCUT2D eigenvalue weighted by Gasteiger charge is -2.31. The molecule has 0 aliphatic carbocycles. The van der Waals surface area contributed by atoms with E-state index in [0.29, 0.717) is 39.6 Å². The van der Waals surface area contributed by atoms with Crippen LogP contribution in [0.5, 0.6) is 0 Å². The predicted octanol–water partition coefficient (Wildman–Crippen LogP) is 4.40. The zero-order chi connectivity index (χ0) is 21.4. The number of H-pyrrole nitrogens is 2. The van der Waals surface area contributed by atoms with Crippen LogP contribution >= 0.6 is 11.6 Å². The molecule has 31 heavy (non-hydrogen) atoms. The normalized spacial score (nSPS) is 15.8. The first-order valence-electron chi connectivity index (χ1n) is 10.6. The van der Waals surface area contributed by atoms with E-state index < -0.39 is 0 Å². The van der Waals surface area contributed by atoms with E-state index in [0.717, 1.165) is 50.0 Å². The Hall–Kier alpha value is -2.77. The molecule has 1 saturated heterocycles. The van der Waals surface area contributed by atoms with Crippen LogP contribution in [0.1, 0.15) is 36.7 Å². The van der Waals surface area contributed by atoms with Crippen molar-refractivity contribution in [2.75, 3.05) is 19.6 Å². The standard InChI is InChI=1S/C23H23ClFN5O/c24-15-3-5-18-19(12-15)26-21(27-23(18)31)2-1-9-30-10-7-14(8-11-30)22-17-6-4-16(25)13-20(17)28-29-22/h3-6,12-14H,1-2,7-11H2,(H,28,29)(H,26,27,31). The number of nitrogens with one attached hydrogen (secondary N) is 2. The van der Waals surface area contributed by atoms with Gasteiger partial charge in [0.2, 0.25) is 0 Å². The van der Waals surface area contributed by atoms with Gasteiger partial charge in [0.15, 0.2) is 0 Å². The highest BCUT2D eigenvalue weighted by Crippen LogP contribution is 2.31. The molecule has 2 aromatic heterocycles. The first-order chi connectivity index (χ1) is 15.1. The smallest absolute Gasteiger partial charge is 0.258 e. The van der Waals surface area contributed by atoms with Crippen molar-refractivity contribution >= 4 is 33.4 Å². The van der Waals surface area contributed by atoms with Crippen LogP contribution in [0.2, 0.25) is 5.02 Å². The van der Waals surface area contributed by atoms with Crippen molar-refractivity contribution in [2.45, 2.75) is 31.6 Å². The van der Waals surface area contributed by atoms with E-state index in [1.165, 1.54) is 12.1 Å². The van der Waals surface area contributed by atoms with Crippen molar-refractivity contribution < 1.29 is 4.39 Å². The van der Waals surface area contributed by atoms with Crippen molar-refractivity contribution in [2.24, 2.45) is 0 Å². The Morgan fingerprint density at radius 3 is 2.74 bits per heavy atom. The average Bonchev–Trinajstić information content (AvgIpc) is 3.17. The third-order valence-corrected chi connectivity index (χ3v) is 6.38. The third kappa shape index (κ3) is 4.20. The van der Waals surface area contributed by atoms with Crippen molar-refractivity contribution in [1.29, 1.82) is 0 Å². The third-order valence-electron chi connectivity index (χ3n) is 6.15. The van der Waals surface area contributed by atoms with Gasteiger partial charge in [-0.1, -0.05) is 11.6 Å². The van der Waals surface area contributed by atoms with Gasteiger partial charge in [-0.2, -0.15) is 5.10 Å². The minimum atomic E-state index is -0.259. The Bertz CT molecular complexity index is 1290. The Labute approximate surface area is 183 Å². The Morgan fingerprint density at radius 2 is 1.90 bits per heavy atom. The fourth-order valence-corrected chi connectivity index (χ4v) is 4.68. The molecule has 0 saturated carbocycles. The number of benzene rings is 2. The first-order valence-corrected chi connectivity index (χ1v) is 11.0. The molecule has 2 N–H and O–H groups in total. The van der Waals surface area contributed by atoms with Crippen LogP contribution in [-0.4, -0.2) is 44.7 Å². The minimum absolute atomic E-state index is 0.121. The van der Waals surface area contributed by atoms with Gasteiger partial charge in [0, 0.05) is 34.5 Å². The molecule has 0 amide bonds. The molecular weight excluding hydrogens is 417 g/mol. The number of likely N-dealkylation sites (tertiary alicyclic amines) is 1. The maximum absolute atomic E-state index is 13.4. The van der Waals surface area contributed by atoms with Gasteiger partial charge in [0.05, 0.1) is 16.4 Å². The van der Waals surface area contributed by atoms with E-state index in [9.17, 15) is 9.18 Å². The van der Waals surface area contributed by atoms with Crippen LogP contribution in [0.15, 0.2) is 41.2 Å². The molecule has 0 radical (unpaired) electrons. The van der Waals surface area contributed by atoms with Crippen molar-refractivity contribution in [3.8, 4) is 0 Å². The van der Waals surface area contributed by atoms with E-state index in [-0.39, 0.29) is 11.4 Å². The van der Waals surface area contributed by atoms with Crippen LogP contribution in [0.4, 0.5) is 4.39 Å². The fraction of sp³-hybridized carbons (Fsp3) is 0.348. The summed E-state index contributed by atoms with van der Waals surface area (Å²) in [5.41, 5.74) is 2.32. The monoisotopic (exact) mass is 439 g/mol. The number of aromatic amines is 2. The fourth-order valence-electron chi connectivity index (χ4n) is 4.51. The molecule has 4 aromatic rings. The topological polar surface area (TPSA) is 77.7 Å². The van der Waals surface area contributed by atoms with Crippen LogP contribution in [0.3, 0.4) is 0 Å². The van der Waals surface area contributed by atoms with Gasteiger partial charge in [-0.25, -0.2) is 9.37 Å². The Balaban J connectivity index is 1.17. The van der Waals surface area contributed by atoms with Crippen LogP contribution in [0.25, 0.3) is 21.8 Å². The quantitative estimate of drug-likeness (QED) is 0.483.